The Hall–Kier alpha value is -2.89. The van der Waals surface area contributed by atoms with Gasteiger partial charge in [-0.1, -0.05) is 55.2 Å². The van der Waals surface area contributed by atoms with Crippen LogP contribution in [0.5, 0.6) is 11.5 Å². The van der Waals surface area contributed by atoms with Gasteiger partial charge in [0.15, 0.2) is 6.61 Å². The quantitative estimate of drug-likeness (QED) is 0.412. The first-order valence-electron chi connectivity index (χ1n) is 9.86. The molecule has 0 heterocycles. The average Bonchev–Trinajstić information content (AvgIpc) is 2.77. The predicted molar refractivity (Wildman–Crippen MR) is 128 cm³/mol. The molecule has 5 nitrogen and oxygen atoms in total. The van der Waals surface area contributed by atoms with Crippen molar-refractivity contribution in [2.24, 2.45) is 0 Å². The minimum Gasteiger partial charge on any atom is -0.507 e. The van der Waals surface area contributed by atoms with Crippen molar-refractivity contribution in [2.75, 3.05) is 19.4 Å². The van der Waals surface area contributed by atoms with E-state index in [0.29, 0.717) is 33.5 Å². The standard InChI is InChI=1S/C22H20Cl2N2O3.C2H6/c1-26-22(28)12-29-16-10-19(23)18(20(24)11-16)9-13-2-7-21(27)17(8-13)14-3-5-15(25)6-4-14;1-2/h2-8,10-11,27H,9,12,25H2,1H3,(H,26,28);1-2H3. The first-order chi connectivity index (χ1) is 14.9. The number of nitrogens with two attached hydrogens (primary N) is 1. The number of aromatic hydroxyl groups is 1. The van der Waals surface area contributed by atoms with Gasteiger partial charge in [-0.05, 0) is 53.1 Å². The molecule has 7 heteroatoms. The summed E-state index contributed by atoms with van der Waals surface area (Å²) in [5, 5.41) is 13.6. The first-order valence-corrected chi connectivity index (χ1v) is 10.6. The summed E-state index contributed by atoms with van der Waals surface area (Å²) in [6, 6.07) is 15.9. The van der Waals surface area contributed by atoms with Gasteiger partial charge >= 0.3 is 0 Å². The average molecular weight is 461 g/mol. The second-order valence-corrected chi connectivity index (χ2v) is 7.29. The molecule has 0 saturated carbocycles. The van der Waals surface area contributed by atoms with E-state index in [1.807, 2.05) is 38.1 Å². The largest absolute Gasteiger partial charge is 0.507 e. The van der Waals surface area contributed by atoms with Crippen LogP contribution < -0.4 is 15.8 Å². The van der Waals surface area contributed by atoms with E-state index in [1.54, 1.807) is 30.3 Å². The Kier molecular flexibility index (Phi) is 9.03. The SMILES string of the molecule is CC.CNC(=O)COc1cc(Cl)c(Cc2ccc(O)c(-c3ccc(N)cc3)c2)c(Cl)c1. The summed E-state index contributed by atoms with van der Waals surface area (Å²) in [7, 11) is 1.53. The molecule has 1 amide bonds. The molecule has 0 aliphatic heterocycles. The highest BCUT2D eigenvalue weighted by Gasteiger charge is 2.13. The molecule has 0 fully saturated rings. The van der Waals surface area contributed by atoms with E-state index in [9.17, 15) is 9.90 Å². The van der Waals surface area contributed by atoms with Crippen molar-refractivity contribution in [1.82, 2.24) is 5.32 Å². The van der Waals surface area contributed by atoms with Crippen LogP contribution in [0.15, 0.2) is 54.6 Å². The van der Waals surface area contributed by atoms with Crippen molar-refractivity contribution in [3.63, 3.8) is 0 Å². The van der Waals surface area contributed by atoms with E-state index < -0.39 is 0 Å². The summed E-state index contributed by atoms with van der Waals surface area (Å²) in [4.78, 5) is 11.3. The highest BCUT2D eigenvalue weighted by Crippen LogP contribution is 2.35. The number of carbonyl (C=O) groups excluding carboxylic acids is 1. The fourth-order valence-electron chi connectivity index (χ4n) is 2.84. The summed E-state index contributed by atoms with van der Waals surface area (Å²) in [5.74, 6) is 0.342. The summed E-state index contributed by atoms with van der Waals surface area (Å²) in [6.07, 6.45) is 0.468. The number of halogens is 2. The Morgan fingerprint density at radius 3 is 2.23 bits per heavy atom. The maximum absolute atomic E-state index is 11.3. The van der Waals surface area contributed by atoms with Crippen LogP contribution in [-0.4, -0.2) is 24.7 Å². The van der Waals surface area contributed by atoms with E-state index in [2.05, 4.69) is 5.32 Å². The minimum atomic E-state index is -0.249. The molecule has 0 radical (unpaired) electrons. The first kappa shape index (κ1) is 24.4. The van der Waals surface area contributed by atoms with Gasteiger partial charge in [0.25, 0.3) is 5.91 Å². The number of hydrogen-bond acceptors (Lipinski definition) is 4. The Balaban J connectivity index is 0.00000166. The number of phenols is 1. The number of likely N-dealkylation sites (N-methyl/N-ethyl adjacent to an activating group) is 1. The molecule has 0 saturated heterocycles. The van der Waals surface area contributed by atoms with Crippen molar-refractivity contribution in [1.29, 1.82) is 0 Å². The molecule has 0 spiro atoms. The van der Waals surface area contributed by atoms with Gasteiger partial charge in [-0.15, -0.1) is 0 Å². The number of nitrogens with one attached hydrogen (secondary N) is 1. The molecule has 0 aliphatic rings. The van der Waals surface area contributed by atoms with Crippen molar-refractivity contribution in [2.45, 2.75) is 20.3 Å². The monoisotopic (exact) mass is 460 g/mol. The second-order valence-electron chi connectivity index (χ2n) is 6.48. The third-order valence-electron chi connectivity index (χ3n) is 4.43. The summed E-state index contributed by atoms with van der Waals surface area (Å²) in [5.41, 5.74) is 9.61. The van der Waals surface area contributed by atoms with Crippen molar-refractivity contribution in [3.05, 3.63) is 75.8 Å². The van der Waals surface area contributed by atoms with E-state index >= 15 is 0 Å². The number of amides is 1. The zero-order chi connectivity index (χ0) is 23.0. The molecule has 31 heavy (non-hydrogen) atoms. The number of rotatable bonds is 6. The molecular weight excluding hydrogens is 435 g/mol. The zero-order valence-corrected chi connectivity index (χ0v) is 19.2. The van der Waals surface area contributed by atoms with Crippen LogP contribution in [0.2, 0.25) is 10.0 Å². The van der Waals surface area contributed by atoms with Gasteiger partial charge in [-0.25, -0.2) is 0 Å². The number of benzene rings is 3. The molecule has 3 aromatic rings. The summed E-state index contributed by atoms with van der Waals surface area (Å²) in [6.45, 7) is 3.88. The molecule has 3 aromatic carbocycles. The lowest BCUT2D eigenvalue weighted by Crippen LogP contribution is -2.24. The van der Waals surface area contributed by atoms with Crippen LogP contribution in [0.4, 0.5) is 5.69 Å². The third-order valence-corrected chi connectivity index (χ3v) is 5.10. The number of anilines is 1. The molecule has 0 atom stereocenters. The zero-order valence-electron chi connectivity index (χ0n) is 17.7. The lowest BCUT2D eigenvalue weighted by molar-refractivity contribution is -0.122. The number of phenolic OH excluding ortho intramolecular Hbond substituents is 1. The fraction of sp³-hybridized carbons (Fsp3) is 0.208. The number of nitrogen functional groups attached to an aromatic ring is 1. The van der Waals surface area contributed by atoms with Crippen LogP contribution in [0.3, 0.4) is 0 Å². The van der Waals surface area contributed by atoms with Gasteiger partial charge in [-0.2, -0.15) is 0 Å². The molecular formula is C24H26Cl2N2O3. The van der Waals surface area contributed by atoms with Gasteiger partial charge in [0.05, 0.1) is 0 Å². The topological polar surface area (TPSA) is 84.6 Å². The third kappa shape index (κ3) is 6.54. The Morgan fingerprint density at radius 1 is 1.03 bits per heavy atom. The Labute approximate surface area is 192 Å². The van der Waals surface area contributed by atoms with Crippen LogP contribution in [0.1, 0.15) is 25.0 Å². The molecule has 4 N–H and O–H groups in total. The molecule has 0 aliphatic carbocycles. The number of hydrogen-bond donors (Lipinski definition) is 3. The van der Waals surface area contributed by atoms with Crippen molar-refractivity contribution < 1.29 is 14.6 Å². The van der Waals surface area contributed by atoms with E-state index in [-0.39, 0.29) is 18.3 Å². The van der Waals surface area contributed by atoms with Crippen LogP contribution >= 0.6 is 23.2 Å². The maximum atomic E-state index is 11.3. The molecule has 164 valence electrons. The maximum Gasteiger partial charge on any atom is 0.257 e. The normalized spacial score (nSPS) is 10.1. The highest BCUT2D eigenvalue weighted by molar-refractivity contribution is 6.36. The molecule has 3 rings (SSSR count). The van der Waals surface area contributed by atoms with Gasteiger partial charge in [0.2, 0.25) is 0 Å². The molecule has 0 aromatic heterocycles. The van der Waals surface area contributed by atoms with Gasteiger partial charge in [-0.3, -0.25) is 4.79 Å². The smallest absolute Gasteiger partial charge is 0.257 e. The highest BCUT2D eigenvalue weighted by atomic mass is 35.5. The summed E-state index contributed by atoms with van der Waals surface area (Å²) >= 11 is 12.8. The van der Waals surface area contributed by atoms with Gasteiger partial charge < -0.3 is 20.9 Å². The number of ether oxygens (including phenoxy) is 1. The second kappa shape index (κ2) is 11.5. The molecule has 0 bridgehead atoms. The van der Waals surface area contributed by atoms with E-state index in [4.69, 9.17) is 33.7 Å². The van der Waals surface area contributed by atoms with E-state index in [0.717, 1.165) is 16.7 Å². The van der Waals surface area contributed by atoms with Crippen LogP contribution in [0.25, 0.3) is 11.1 Å². The van der Waals surface area contributed by atoms with E-state index in [1.165, 1.54) is 7.05 Å². The Morgan fingerprint density at radius 2 is 1.65 bits per heavy atom. The minimum absolute atomic E-state index is 0.120. The van der Waals surface area contributed by atoms with Crippen LogP contribution in [0, 0.1) is 0 Å². The van der Waals surface area contributed by atoms with Crippen molar-refractivity contribution in [3.8, 4) is 22.6 Å². The van der Waals surface area contributed by atoms with Gasteiger partial charge in [0, 0.05) is 34.8 Å². The van der Waals surface area contributed by atoms with Gasteiger partial charge in [0.1, 0.15) is 11.5 Å². The lowest BCUT2D eigenvalue weighted by atomic mass is 9.98. The number of carbonyl (C=O) groups is 1. The Bertz CT molecular complexity index is 1010. The fourth-order valence-corrected chi connectivity index (χ4v) is 3.44. The molecule has 0 unspecified atom stereocenters. The van der Waals surface area contributed by atoms with Crippen LogP contribution in [-0.2, 0) is 11.2 Å². The predicted octanol–water partition coefficient (Wildman–Crippen LogP) is 5.69. The van der Waals surface area contributed by atoms with Crippen molar-refractivity contribution >= 4 is 34.8 Å². The lowest BCUT2D eigenvalue weighted by Gasteiger charge is -2.13. The summed E-state index contributed by atoms with van der Waals surface area (Å²) < 4.78 is 5.40.